The third kappa shape index (κ3) is 5.29. The van der Waals surface area contributed by atoms with Gasteiger partial charge in [-0.1, -0.05) is 51.1 Å². The molecule has 4 heteroatoms. The Kier molecular flexibility index (Phi) is 7.77. The summed E-state index contributed by atoms with van der Waals surface area (Å²) in [5.41, 5.74) is 12.1. The Bertz CT molecular complexity index is 438. The number of benzene rings is 1. The van der Waals surface area contributed by atoms with Gasteiger partial charge in [0, 0.05) is 12.7 Å². The van der Waals surface area contributed by atoms with Crippen LogP contribution in [0.3, 0.4) is 0 Å². The van der Waals surface area contributed by atoms with Gasteiger partial charge in [-0.3, -0.25) is 4.79 Å². The Morgan fingerprint density at radius 1 is 1.26 bits per heavy atom. The van der Waals surface area contributed by atoms with Gasteiger partial charge in [0.2, 0.25) is 0 Å². The van der Waals surface area contributed by atoms with E-state index in [4.69, 9.17) is 11.5 Å². The first-order valence-electron chi connectivity index (χ1n) is 6.20. The van der Waals surface area contributed by atoms with Crippen LogP contribution in [0.4, 0.5) is 5.69 Å². The van der Waals surface area contributed by atoms with Crippen LogP contribution in [-0.2, 0) is 4.79 Å². The molecule has 0 heterocycles. The summed E-state index contributed by atoms with van der Waals surface area (Å²) in [4.78, 5) is 12.8. The van der Waals surface area contributed by atoms with Gasteiger partial charge in [0.15, 0.2) is 0 Å². The summed E-state index contributed by atoms with van der Waals surface area (Å²) in [7, 11) is 1.76. The zero-order valence-corrected chi connectivity index (χ0v) is 11.9. The number of carbonyl (C=O) groups excluding carboxylic acids is 1. The average molecular weight is 261 g/mol. The molecule has 0 bridgehead atoms. The zero-order valence-electron chi connectivity index (χ0n) is 11.9. The molecule has 0 aromatic heterocycles. The van der Waals surface area contributed by atoms with Crippen LogP contribution in [0.2, 0.25) is 0 Å². The molecule has 0 aliphatic heterocycles. The number of rotatable bonds is 4. The maximum atomic E-state index is 11.1. The lowest BCUT2D eigenvalue weighted by atomic mass is 10.2. The zero-order chi connectivity index (χ0) is 14.8. The molecule has 0 fully saturated rings. The molecule has 0 spiro atoms. The molecule has 4 N–H and O–H groups in total. The fourth-order valence-electron chi connectivity index (χ4n) is 1.30. The fourth-order valence-corrected chi connectivity index (χ4v) is 1.30. The van der Waals surface area contributed by atoms with Crippen LogP contribution in [0.25, 0.3) is 0 Å². The summed E-state index contributed by atoms with van der Waals surface area (Å²) in [5.74, 6) is -0.302. The molecule has 0 aliphatic carbocycles. The molecule has 0 aliphatic rings. The van der Waals surface area contributed by atoms with E-state index in [9.17, 15) is 4.79 Å². The van der Waals surface area contributed by atoms with Crippen molar-refractivity contribution in [2.24, 2.45) is 11.5 Å². The van der Waals surface area contributed by atoms with Gasteiger partial charge in [0.05, 0.1) is 5.57 Å². The molecule has 4 nitrogen and oxygen atoms in total. The van der Waals surface area contributed by atoms with Crippen molar-refractivity contribution < 1.29 is 4.79 Å². The van der Waals surface area contributed by atoms with Gasteiger partial charge in [-0.05, 0) is 12.1 Å². The minimum absolute atomic E-state index is 0.214. The van der Waals surface area contributed by atoms with Crippen molar-refractivity contribution >= 4 is 11.6 Å². The standard InChI is InChI=1S/C12H15N3O.C3H8/c1-3-10(12(14)16)11(13)15(2)9-7-5-4-6-8-9;1-3-2/h3-8H,1,13H2,2H3,(H2,14,16);3H2,1-2H3/b11-10+;. The number of para-hydroxylation sites is 1. The van der Waals surface area contributed by atoms with Crippen LogP contribution in [0.15, 0.2) is 54.4 Å². The van der Waals surface area contributed by atoms with E-state index in [1.807, 2.05) is 30.3 Å². The second-order valence-corrected chi connectivity index (χ2v) is 3.97. The first kappa shape index (κ1) is 16.8. The molecule has 104 valence electrons. The smallest absolute Gasteiger partial charge is 0.252 e. The first-order chi connectivity index (χ1) is 8.99. The Labute approximate surface area is 115 Å². The van der Waals surface area contributed by atoms with Gasteiger partial charge in [-0.25, -0.2) is 0 Å². The predicted octanol–water partition coefficient (Wildman–Crippen LogP) is 2.38. The lowest BCUT2D eigenvalue weighted by Crippen LogP contribution is -2.28. The molecule has 1 aromatic carbocycles. The quantitative estimate of drug-likeness (QED) is 0.645. The van der Waals surface area contributed by atoms with E-state index in [0.717, 1.165) is 5.69 Å². The summed E-state index contributed by atoms with van der Waals surface area (Å²) in [6, 6.07) is 9.44. The third-order valence-corrected chi connectivity index (χ3v) is 2.25. The number of nitrogens with zero attached hydrogens (tertiary/aromatic N) is 1. The highest BCUT2D eigenvalue weighted by atomic mass is 16.1. The van der Waals surface area contributed by atoms with Crippen molar-refractivity contribution in [2.45, 2.75) is 20.3 Å². The molecular formula is C15H23N3O. The topological polar surface area (TPSA) is 72.3 Å². The summed E-state index contributed by atoms with van der Waals surface area (Å²) < 4.78 is 0. The molecule has 0 unspecified atom stereocenters. The van der Waals surface area contributed by atoms with Crippen LogP contribution >= 0.6 is 0 Å². The Hall–Kier alpha value is -2.23. The van der Waals surface area contributed by atoms with Crippen molar-refractivity contribution in [2.75, 3.05) is 11.9 Å². The van der Waals surface area contributed by atoms with Gasteiger partial charge in [-0.2, -0.15) is 0 Å². The number of nitrogens with two attached hydrogens (primary N) is 2. The van der Waals surface area contributed by atoms with Crippen molar-refractivity contribution in [3.63, 3.8) is 0 Å². The van der Waals surface area contributed by atoms with E-state index < -0.39 is 5.91 Å². The van der Waals surface area contributed by atoms with Gasteiger partial charge in [0.25, 0.3) is 5.91 Å². The van der Waals surface area contributed by atoms with Gasteiger partial charge in [0.1, 0.15) is 5.82 Å². The number of carbonyl (C=O) groups is 1. The number of primary amides is 1. The molecule has 1 amide bonds. The second kappa shape index (κ2) is 8.80. The lowest BCUT2D eigenvalue weighted by Gasteiger charge is -2.20. The van der Waals surface area contributed by atoms with Crippen molar-refractivity contribution in [1.29, 1.82) is 0 Å². The van der Waals surface area contributed by atoms with Crippen molar-refractivity contribution in [3.05, 3.63) is 54.4 Å². The molecule has 1 rings (SSSR count). The molecule has 0 radical (unpaired) electrons. The van der Waals surface area contributed by atoms with E-state index in [1.165, 1.54) is 12.5 Å². The van der Waals surface area contributed by atoms with E-state index in [0.29, 0.717) is 0 Å². The number of hydrogen-bond acceptors (Lipinski definition) is 3. The maximum absolute atomic E-state index is 11.1. The van der Waals surface area contributed by atoms with Crippen molar-refractivity contribution in [1.82, 2.24) is 0 Å². The fraction of sp³-hybridized carbons (Fsp3) is 0.267. The monoisotopic (exact) mass is 261 g/mol. The number of anilines is 1. The van der Waals surface area contributed by atoms with Crippen LogP contribution in [-0.4, -0.2) is 13.0 Å². The molecule has 0 atom stereocenters. The van der Waals surface area contributed by atoms with E-state index in [1.54, 1.807) is 11.9 Å². The molecular weight excluding hydrogens is 238 g/mol. The molecule has 1 aromatic rings. The van der Waals surface area contributed by atoms with Gasteiger partial charge < -0.3 is 16.4 Å². The molecule has 19 heavy (non-hydrogen) atoms. The minimum Gasteiger partial charge on any atom is -0.384 e. The predicted molar refractivity (Wildman–Crippen MR) is 81.4 cm³/mol. The second-order valence-electron chi connectivity index (χ2n) is 3.97. The van der Waals surface area contributed by atoms with Crippen LogP contribution in [0.5, 0.6) is 0 Å². The van der Waals surface area contributed by atoms with Gasteiger partial charge in [-0.15, -0.1) is 0 Å². The first-order valence-corrected chi connectivity index (χ1v) is 6.20. The van der Waals surface area contributed by atoms with Gasteiger partial charge >= 0.3 is 0 Å². The number of amides is 1. The summed E-state index contributed by atoms with van der Waals surface area (Å²) in [5, 5.41) is 0. The van der Waals surface area contributed by atoms with Crippen LogP contribution in [0.1, 0.15) is 20.3 Å². The van der Waals surface area contributed by atoms with E-state index in [-0.39, 0.29) is 11.4 Å². The average Bonchev–Trinajstić information content (AvgIpc) is 2.40. The number of hydrogen-bond donors (Lipinski definition) is 2. The summed E-state index contributed by atoms with van der Waals surface area (Å²) >= 11 is 0. The Morgan fingerprint density at radius 3 is 2.11 bits per heavy atom. The minimum atomic E-state index is -0.588. The highest BCUT2D eigenvalue weighted by Crippen LogP contribution is 2.16. The SMILES string of the molecule is C=C/C(C(N)=O)=C(/N)N(C)c1ccccc1.CCC. The molecule has 0 saturated heterocycles. The third-order valence-electron chi connectivity index (χ3n) is 2.25. The highest BCUT2D eigenvalue weighted by molar-refractivity contribution is 5.96. The Balaban J connectivity index is 0.000000982. The normalized spacial score (nSPS) is 10.7. The summed E-state index contributed by atoms with van der Waals surface area (Å²) in [6.07, 6.45) is 2.61. The lowest BCUT2D eigenvalue weighted by molar-refractivity contribution is -0.114. The highest BCUT2D eigenvalue weighted by Gasteiger charge is 2.11. The maximum Gasteiger partial charge on any atom is 0.252 e. The largest absolute Gasteiger partial charge is 0.384 e. The van der Waals surface area contributed by atoms with Crippen molar-refractivity contribution in [3.8, 4) is 0 Å². The van der Waals surface area contributed by atoms with E-state index >= 15 is 0 Å². The van der Waals surface area contributed by atoms with E-state index in [2.05, 4.69) is 20.4 Å². The van der Waals surface area contributed by atoms with Crippen LogP contribution < -0.4 is 16.4 Å². The Morgan fingerprint density at radius 2 is 1.74 bits per heavy atom. The summed E-state index contributed by atoms with van der Waals surface area (Å²) in [6.45, 7) is 7.76. The van der Waals surface area contributed by atoms with Crippen LogP contribution in [0, 0.1) is 0 Å². The molecule has 0 saturated carbocycles.